The van der Waals surface area contributed by atoms with Crippen molar-refractivity contribution in [2.75, 3.05) is 19.0 Å². The van der Waals surface area contributed by atoms with E-state index >= 15 is 0 Å². The second kappa shape index (κ2) is 9.55. The molecule has 0 aliphatic rings. The van der Waals surface area contributed by atoms with Crippen molar-refractivity contribution in [1.82, 2.24) is 10.3 Å². The zero-order valence-corrected chi connectivity index (χ0v) is 16.2. The smallest absolute Gasteiger partial charge is 0.251 e. The Morgan fingerprint density at radius 1 is 1.04 bits per heavy atom. The SMILES string of the molecule is COc1cccc(CCNc2cc(C(=O)NCc3cccc(C)c3)ccn2)c1. The van der Waals surface area contributed by atoms with Crippen LogP contribution >= 0.6 is 0 Å². The van der Waals surface area contributed by atoms with Crippen molar-refractivity contribution in [3.8, 4) is 5.75 Å². The van der Waals surface area contributed by atoms with Crippen LogP contribution in [0.5, 0.6) is 5.75 Å². The fourth-order valence-electron chi connectivity index (χ4n) is 2.94. The molecule has 1 heterocycles. The second-order valence-corrected chi connectivity index (χ2v) is 6.63. The van der Waals surface area contributed by atoms with Crippen LogP contribution in [0.2, 0.25) is 0 Å². The molecule has 0 saturated carbocycles. The lowest BCUT2D eigenvalue weighted by Gasteiger charge is -2.09. The van der Waals surface area contributed by atoms with Gasteiger partial charge in [0.1, 0.15) is 11.6 Å². The molecule has 2 N–H and O–H groups in total. The van der Waals surface area contributed by atoms with Crippen LogP contribution in [0.3, 0.4) is 0 Å². The van der Waals surface area contributed by atoms with Crippen LogP contribution in [0.25, 0.3) is 0 Å². The fraction of sp³-hybridized carbons (Fsp3) is 0.217. The highest BCUT2D eigenvalue weighted by Gasteiger charge is 2.07. The van der Waals surface area contributed by atoms with Crippen molar-refractivity contribution in [3.05, 3.63) is 89.1 Å². The minimum Gasteiger partial charge on any atom is -0.497 e. The summed E-state index contributed by atoms with van der Waals surface area (Å²) in [5.74, 6) is 1.42. The van der Waals surface area contributed by atoms with E-state index in [1.165, 1.54) is 11.1 Å². The van der Waals surface area contributed by atoms with Crippen molar-refractivity contribution in [2.45, 2.75) is 19.9 Å². The van der Waals surface area contributed by atoms with E-state index in [1.54, 1.807) is 25.4 Å². The Labute approximate surface area is 165 Å². The number of pyridine rings is 1. The molecule has 5 nitrogen and oxygen atoms in total. The summed E-state index contributed by atoms with van der Waals surface area (Å²) in [5.41, 5.74) is 4.03. The lowest BCUT2D eigenvalue weighted by atomic mass is 10.1. The number of benzene rings is 2. The van der Waals surface area contributed by atoms with Gasteiger partial charge in [0, 0.05) is 24.8 Å². The molecule has 144 valence electrons. The van der Waals surface area contributed by atoms with E-state index in [2.05, 4.69) is 27.8 Å². The van der Waals surface area contributed by atoms with Gasteiger partial charge in [-0.25, -0.2) is 4.98 Å². The molecule has 28 heavy (non-hydrogen) atoms. The predicted molar refractivity (Wildman–Crippen MR) is 112 cm³/mol. The zero-order chi connectivity index (χ0) is 19.8. The maximum Gasteiger partial charge on any atom is 0.251 e. The molecule has 0 fully saturated rings. The highest BCUT2D eigenvalue weighted by atomic mass is 16.5. The quantitative estimate of drug-likeness (QED) is 0.625. The van der Waals surface area contributed by atoms with Gasteiger partial charge in [-0.15, -0.1) is 0 Å². The van der Waals surface area contributed by atoms with Gasteiger partial charge in [-0.05, 0) is 48.7 Å². The van der Waals surface area contributed by atoms with Crippen molar-refractivity contribution in [2.24, 2.45) is 0 Å². The Hall–Kier alpha value is -3.34. The molecule has 1 aromatic heterocycles. The largest absolute Gasteiger partial charge is 0.497 e. The minimum absolute atomic E-state index is 0.111. The maximum absolute atomic E-state index is 12.4. The van der Waals surface area contributed by atoms with Crippen LogP contribution in [0.15, 0.2) is 66.9 Å². The van der Waals surface area contributed by atoms with Crippen molar-refractivity contribution >= 4 is 11.7 Å². The standard InChI is InChI=1S/C23H25N3O2/c1-17-5-3-7-19(13-17)16-26-23(27)20-10-12-25-22(15-20)24-11-9-18-6-4-8-21(14-18)28-2/h3-8,10,12-15H,9,11,16H2,1-2H3,(H,24,25)(H,26,27). The number of aryl methyl sites for hydroxylation is 1. The first-order chi connectivity index (χ1) is 13.6. The van der Waals surface area contributed by atoms with Crippen LogP contribution in [-0.4, -0.2) is 24.5 Å². The van der Waals surface area contributed by atoms with Gasteiger partial charge in [-0.3, -0.25) is 4.79 Å². The summed E-state index contributed by atoms with van der Waals surface area (Å²) >= 11 is 0. The molecule has 1 amide bonds. The van der Waals surface area contributed by atoms with Crippen LogP contribution < -0.4 is 15.4 Å². The minimum atomic E-state index is -0.111. The van der Waals surface area contributed by atoms with Crippen molar-refractivity contribution in [1.29, 1.82) is 0 Å². The molecule has 0 bridgehead atoms. The van der Waals surface area contributed by atoms with Crippen LogP contribution in [-0.2, 0) is 13.0 Å². The van der Waals surface area contributed by atoms with Crippen molar-refractivity contribution in [3.63, 3.8) is 0 Å². The molecule has 0 radical (unpaired) electrons. The molecule has 5 heteroatoms. The highest BCUT2D eigenvalue weighted by Crippen LogP contribution is 2.13. The average molecular weight is 375 g/mol. The van der Waals surface area contributed by atoms with E-state index in [0.717, 1.165) is 17.7 Å². The normalized spacial score (nSPS) is 10.4. The first kappa shape index (κ1) is 19.4. The number of carbonyl (C=O) groups is 1. The predicted octanol–water partition coefficient (Wildman–Crippen LogP) is 3.98. The van der Waals surface area contributed by atoms with E-state index < -0.39 is 0 Å². The third-order valence-electron chi connectivity index (χ3n) is 4.41. The van der Waals surface area contributed by atoms with Gasteiger partial charge in [0.2, 0.25) is 0 Å². The molecule has 0 atom stereocenters. The summed E-state index contributed by atoms with van der Waals surface area (Å²) in [4.78, 5) is 16.7. The first-order valence-corrected chi connectivity index (χ1v) is 9.30. The summed E-state index contributed by atoms with van der Waals surface area (Å²) in [7, 11) is 1.66. The number of anilines is 1. The van der Waals surface area contributed by atoms with E-state index in [1.807, 2.05) is 43.3 Å². The van der Waals surface area contributed by atoms with E-state index in [4.69, 9.17) is 4.74 Å². The van der Waals surface area contributed by atoms with E-state index in [0.29, 0.717) is 24.5 Å². The van der Waals surface area contributed by atoms with Gasteiger partial charge in [-0.1, -0.05) is 42.0 Å². The Morgan fingerprint density at radius 3 is 2.68 bits per heavy atom. The van der Waals surface area contributed by atoms with Gasteiger partial charge >= 0.3 is 0 Å². The molecule has 2 aromatic carbocycles. The van der Waals surface area contributed by atoms with Gasteiger partial charge < -0.3 is 15.4 Å². The second-order valence-electron chi connectivity index (χ2n) is 6.63. The molecule has 0 aliphatic heterocycles. The lowest BCUT2D eigenvalue weighted by Crippen LogP contribution is -2.23. The first-order valence-electron chi connectivity index (χ1n) is 9.30. The number of ether oxygens (including phenoxy) is 1. The Bertz CT molecular complexity index is 940. The van der Waals surface area contributed by atoms with Gasteiger partial charge in [-0.2, -0.15) is 0 Å². The Balaban J connectivity index is 1.53. The summed E-state index contributed by atoms with van der Waals surface area (Å²) in [5, 5.41) is 6.23. The molecule has 3 rings (SSSR count). The number of rotatable bonds is 8. The number of aromatic nitrogens is 1. The number of hydrogen-bond acceptors (Lipinski definition) is 4. The van der Waals surface area contributed by atoms with E-state index in [9.17, 15) is 4.79 Å². The third-order valence-corrected chi connectivity index (χ3v) is 4.41. The molecular weight excluding hydrogens is 350 g/mol. The van der Waals surface area contributed by atoms with Gasteiger partial charge in [0.05, 0.1) is 7.11 Å². The average Bonchev–Trinajstić information content (AvgIpc) is 2.72. The fourth-order valence-corrected chi connectivity index (χ4v) is 2.94. The van der Waals surface area contributed by atoms with Crippen LogP contribution in [0.4, 0.5) is 5.82 Å². The summed E-state index contributed by atoms with van der Waals surface area (Å²) < 4.78 is 5.25. The summed E-state index contributed by atoms with van der Waals surface area (Å²) in [6.45, 7) is 3.26. The molecule has 0 unspecified atom stereocenters. The third kappa shape index (κ3) is 5.58. The van der Waals surface area contributed by atoms with Crippen molar-refractivity contribution < 1.29 is 9.53 Å². The van der Waals surface area contributed by atoms with Gasteiger partial charge in [0.25, 0.3) is 5.91 Å². The molecule has 0 aliphatic carbocycles. The van der Waals surface area contributed by atoms with Crippen LogP contribution in [0.1, 0.15) is 27.0 Å². The Kier molecular flexibility index (Phi) is 6.63. The number of amides is 1. The van der Waals surface area contributed by atoms with Crippen LogP contribution in [0, 0.1) is 6.92 Å². The maximum atomic E-state index is 12.4. The molecule has 3 aromatic rings. The topological polar surface area (TPSA) is 63.2 Å². The molecule has 0 saturated heterocycles. The summed E-state index contributed by atoms with van der Waals surface area (Å²) in [6, 6.07) is 19.6. The monoisotopic (exact) mass is 375 g/mol. The number of hydrogen-bond donors (Lipinski definition) is 2. The highest BCUT2D eigenvalue weighted by molar-refractivity contribution is 5.94. The number of carbonyl (C=O) groups excluding carboxylic acids is 1. The molecule has 0 spiro atoms. The molecular formula is C23H25N3O2. The lowest BCUT2D eigenvalue weighted by molar-refractivity contribution is 0.0951. The number of methoxy groups -OCH3 is 1. The zero-order valence-electron chi connectivity index (χ0n) is 16.2. The number of nitrogens with one attached hydrogen (secondary N) is 2. The Morgan fingerprint density at radius 2 is 1.86 bits per heavy atom. The number of nitrogens with zero attached hydrogens (tertiary/aromatic N) is 1. The van der Waals surface area contributed by atoms with E-state index in [-0.39, 0.29) is 5.91 Å². The van der Waals surface area contributed by atoms with Gasteiger partial charge in [0.15, 0.2) is 0 Å². The summed E-state index contributed by atoms with van der Waals surface area (Å²) in [6.07, 6.45) is 2.48.